The molecule has 2 amide bonds. The Morgan fingerprint density at radius 1 is 1.25 bits per heavy atom. The van der Waals surface area contributed by atoms with Crippen LogP contribution < -0.4 is 10.6 Å². The highest BCUT2D eigenvalue weighted by Gasteiger charge is 2.32. The summed E-state index contributed by atoms with van der Waals surface area (Å²) in [5.41, 5.74) is 1.71. The van der Waals surface area contributed by atoms with Crippen LogP contribution in [0.25, 0.3) is 11.4 Å². The highest BCUT2D eigenvalue weighted by Crippen LogP contribution is 2.24. The molecule has 0 unspecified atom stereocenters. The molecule has 0 aliphatic carbocycles. The summed E-state index contributed by atoms with van der Waals surface area (Å²) in [6.45, 7) is 2.29. The number of nitrogens with zero attached hydrogens (tertiary/aromatic N) is 2. The summed E-state index contributed by atoms with van der Waals surface area (Å²) in [4.78, 5) is 33.8. The first-order valence-electron chi connectivity index (χ1n) is 9.42. The quantitative estimate of drug-likeness (QED) is 0.706. The standard InChI is InChI=1S/C20H26FN5O2/c1-12-18(25-19(24-12)13-4-6-14(21)7-5-13)20(28)23-11-16-9-8-15(26(16)3)10-17(27)22-2/h4-7,15-16H,8-11H2,1-3H3,(H,22,27)(H,23,28)(H,24,25)/t15-,16+/m1/s1. The largest absolute Gasteiger partial charge is 0.359 e. The topological polar surface area (TPSA) is 90.1 Å². The van der Waals surface area contributed by atoms with Crippen molar-refractivity contribution in [1.29, 1.82) is 0 Å². The first-order valence-corrected chi connectivity index (χ1v) is 9.42. The monoisotopic (exact) mass is 387 g/mol. The van der Waals surface area contributed by atoms with Gasteiger partial charge in [-0.2, -0.15) is 0 Å². The van der Waals surface area contributed by atoms with E-state index in [1.54, 1.807) is 26.1 Å². The minimum Gasteiger partial charge on any atom is -0.359 e. The molecule has 2 aromatic rings. The molecule has 7 nitrogen and oxygen atoms in total. The van der Waals surface area contributed by atoms with Gasteiger partial charge in [-0.3, -0.25) is 14.5 Å². The maximum Gasteiger partial charge on any atom is 0.271 e. The molecule has 3 rings (SSSR count). The number of imidazole rings is 1. The number of hydrogen-bond donors (Lipinski definition) is 3. The molecular weight excluding hydrogens is 361 g/mol. The van der Waals surface area contributed by atoms with Crippen LogP contribution in [0.5, 0.6) is 0 Å². The third-order valence-electron chi connectivity index (χ3n) is 5.40. The number of H-pyrrole nitrogens is 1. The second kappa shape index (κ2) is 8.52. The predicted molar refractivity (Wildman–Crippen MR) is 104 cm³/mol. The van der Waals surface area contributed by atoms with Gasteiger partial charge in [0.1, 0.15) is 17.3 Å². The zero-order valence-corrected chi connectivity index (χ0v) is 16.4. The maximum absolute atomic E-state index is 13.1. The molecule has 1 saturated heterocycles. The molecule has 0 spiro atoms. The molecule has 0 bridgehead atoms. The van der Waals surface area contributed by atoms with E-state index >= 15 is 0 Å². The lowest BCUT2D eigenvalue weighted by Gasteiger charge is -2.25. The lowest BCUT2D eigenvalue weighted by Crippen LogP contribution is -2.42. The Balaban J connectivity index is 1.60. The number of carbonyl (C=O) groups is 2. The highest BCUT2D eigenvalue weighted by molar-refractivity contribution is 5.94. The molecule has 150 valence electrons. The molecule has 0 radical (unpaired) electrons. The van der Waals surface area contributed by atoms with Crippen LogP contribution in [-0.2, 0) is 4.79 Å². The van der Waals surface area contributed by atoms with E-state index in [-0.39, 0.29) is 29.7 Å². The van der Waals surface area contributed by atoms with Crippen molar-refractivity contribution in [3.05, 3.63) is 41.5 Å². The SMILES string of the molecule is CNC(=O)C[C@H]1CC[C@@H](CNC(=O)c2nc(-c3ccc(F)cc3)[nH]c2C)N1C. The minimum atomic E-state index is -0.319. The molecule has 2 heterocycles. The van der Waals surface area contributed by atoms with Crippen LogP contribution >= 0.6 is 0 Å². The average molecular weight is 387 g/mol. The summed E-state index contributed by atoms with van der Waals surface area (Å²) in [7, 11) is 3.63. The van der Waals surface area contributed by atoms with Crippen LogP contribution in [0.2, 0.25) is 0 Å². The summed E-state index contributed by atoms with van der Waals surface area (Å²) >= 11 is 0. The molecule has 3 N–H and O–H groups in total. The number of nitrogens with one attached hydrogen (secondary N) is 3. The number of aromatic amines is 1. The molecule has 1 aliphatic rings. The van der Waals surface area contributed by atoms with Gasteiger partial charge in [0.15, 0.2) is 0 Å². The van der Waals surface area contributed by atoms with E-state index < -0.39 is 0 Å². The smallest absolute Gasteiger partial charge is 0.271 e. The number of halogens is 1. The Morgan fingerprint density at radius 3 is 2.61 bits per heavy atom. The lowest BCUT2D eigenvalue weighted by atomic mass is 10.1. The Morgan fingerprint density at radius 2 is 1.93 bits per heavy atom. The zero-order chi connectivity index (χ0) is 20.3. The highest BCUT2D eigenvalue weighted by atomic mass is 19.1. The van der Waals surface area contributed by atoms with Crippen molar-refractivity contribution < 1.29 is 14.0 Å². The fourth-order valence-corrected chi connectivity index (χ4v) is 3.62. The average Bonchev–Trinajstić information content (AvgIpc) is 3.23. The molecule has 2 atom stereocenters. The van der Waals surface area contributed by atoms with E-state index in [1.165, 1.54) is 12.1 Å². The van der Waals surface area contributed by atoms with Gasteiger partial charge in [0.2, 0.25) is 5.91 Å². The number of benzene rings is 1. The second-order valence-electron chi connectivity index (χ2n) is 7.20. The molecule has 0 saturated carbocycles. The van der Waals surface area contributed by atoms with Gasteiger partial charge in [-0.1, -0.05) is 0 Å². The van der Waals surface area contributed by atoms with Crippen molar-refractivity contribution in [3.8, 4) is 11.4 Å². The first-order chi connectivity index (χ1) is 13.4. The van der Waals surface area contributed by atoms with E-state index in [4.69, 9.17) is 0 Å². The van der Waals surface area contributed by atoms with Crippen molar-refractivity contribution in [2.75, 3.05) is 20.6 Å². The van der Waals surface area contributed by atoms with Crippen LogP contribution in [-0.4, -0.2) is 59.4 Å². The van der Waals surface area contributed by atoms with Crippen LogP contribution in [0.15, 0.2) is 24.3 Å². The van der Waals surface area contributed by atoms with Crippen LogP contribution in [0.4, 0.5) is 4.39 Å². The van der Waals surface area contributed by atoms with Crippen molar-refractivity contribution in [2.45, 2.75) is 38.3 Å². The number of rotatable bonds is 6. The summed E-state index contributed by atoms with van der Waals surface area (Å²) in [6, 6.07) is 6.34. The maximum atomic E-state index is 13.1. The van der Waals surface area contributed by atoms with E-state index in [2.05, 4.69) is 25.5 Å². The van der Waals surface area contributed by atoms with Crippen molar-refractivity contribution in [1.82, 2.24) is 25.5 Å². The second-order valence-corrected chi connectivity index (χ2v) is 7.20. The molecule has 1 aromatic heterocycles. The summed E-state index contributed by atoms with van der Waals surface area (Å²) in [5.74, 6) is -0.000977. The predicted octanol–water partition coefficient (Wildman–Crippen LogP) is 1.85. The molecular formula is C20H26FN5O2. The zero-order valence-electron chi connectivity index (χ0n) is 16.4. The third-order valence-corrected chi connectivity index (χ3v) is 5.40. The Kier molecular flexibility index (Phi) is 6.08. The minimum absolute atomic E-state index is 0.0296. The number of hydrogen-bond acceptors (Lipinski definition) is 4. The number of likely N-dealkylation sites (tertiary alicyclic amines) is 1. The Labute approximate surface area is 163 Å². The molecule has 1 aliphatic heterocycles. The van der Waals surface area contributed by atoms with E-state index in [9.17, 15) is 14.0 Å². The molecule has 1 aromatic carbocycles. The number of aryl methyl sites for hydroxylation is 1. The van der Waals surface area contributed by atoms with Gasteiger partial charge in [-0.05, 0) is 51.1 Å². The number of aromatic nitrogens is 2. The Bertz CT molecular complexity index is 849. The molecule has 1 fully saturated rings. The van der Waals surface area contributed by atoms with Crippen molar-refractivity contribution in [2.24, 2.45) is 0 Å². The van der Waals surface area contributed by atoms with E-state index in [0.717, 1.165) is 18.4 Å². The van der Waals surface area contributed by atoms with Crippen LogP contribution in [0, 0.1) is 12.7 Å². The normalized spacial score (nSPS) is 19.6. The number of amides is 2. The van der Waals surface area contributed by atoms with Crippen LogP contribution in [0.3, 0.4) is 0 Å². The molecule has 8 heteroatoms. The van der Waals surface area contributed by atoms with Crippen LogP contribution in [0.1, 0.15) is 35.4 Å². The number of carbonyl (C=O) groups excluding carboxylic acids is 2. The summed E-state index contributed by atoms with van der Waals surface area (Å²) in [5, 5.41) is 5.61. The van der Waals surface area contributed by atoms with E-state index in [0.29, 0.717) is 30.2 Å². The van der Waals surface area contributed by atoms with Gasteiger partial charge in [0.05, 0.1) is 0 Å². The third kappa shape index (κ3) is 4.39. The van der Waals surface area contributed by atoms with Gasteiger partial charge < -0.3 is 15.6 Å². The molecule has 28 heavy (non-hydrogen) atoms. The summed E-state index contributed by atoms with van der Waals surface area (Å²) < 4.78 is 13.1. The van der Waals surface area contributed by atoms with Gasteiger partial charge in [0, 0.05) is 43.4 Å². The fraction of sp³-hybridized carbons (Fsp3) is 0.450. The fourth-order valence-electron chi connectivity index (χ4n) is 3.62. The summed E-state index contributed by atoms with van der Waals surface area (Å²) in [6.07, 6.45) is 2.33. The van der Waals surface area contributed by atoms with Gasteiger partial charge in [-0.15, -0.1) is 0 Å². The van der Waals surface area contributed by atoms with Gasteiger partial charge >= 0.3 is 0 Å². The van der Waals surface area contributed by atoms with Gasteiger partial charge in [-0.25, -0.2) is 9.37 Å². The van der Waals surface area contributed by atoms with Crippen molar-refractivity contribution >= 4 is 11.8 Å². The van der Waals surface area contributed by atoms with E-state index in [1.807, 2.05) is 7.05 Å². The van der Waals surface area contributed by atoms with Gasteiger partial charge in [0.25, 0.3) is 5.91 Å². The lowest BCUT2D eigenvalue weighted by molar-refractivity contribution is -0.121. The number of likely N-dealkylation sites (N-methyl/N-ethyl adjacent to an activating group) is 1. The Hall–Kier alpha value is -2.74. The first kappa shape index (κ1) is 20.0. The van der Waals surface area contributed by atoms with Crippen molar-refractivity contribution in [3.63, 3.8) is 0 Å².